The van der Waals surface area contributed by atoms with Crippen molar-refractivity contribution in [2.24, 2.45) is 4.99 Å². The number of nitrogens with zero attached hydrogens (tertiary/aromatic N) is 4. The van der Waals surface area contributed by atoms with Crippen LogP contribution in [0.25, 0.3) is 0 Å². The fourth-order valence-electron chi connectivity index (χ4n) is 2.68. The standard InChI is InChI=1S/C18H28N6/c1-5-17-23-21-13-24(17)12-11-20-18(19-6-2)22-15(4)16-10-8-7-9-14(16)3/h7-10,13,15H,5-6,11-12H2,1-4H3,(H2,19,20,22). The number of hydrogen-bond acceptors (Lipinski definition) is 3. The highest BCUT2D eigenvalue weighted by Crippen LogP contribution is 2.16. The van der Waals surface area contributed by atoms with Gasteiger partial charge in [-0.15, -0.1) is 10.2 Å². The van der Waals surface area contributed by atoms with Crippen molar-refractivity contribution in [1.82, 2.24) is 25.4 Å². The molecule has 0 bridgehead atoms. The molecule has 130 valence electrons. The van der Waals surface area contributed by atoms with E-state index in [9.17, 15) is 0 Å². The zero-order valence-corrected chi connectivity index (χ0v) is 15.1. The molecule has 0 amide bonds. The average molecular weight is 328 g/mol. The molecule has 0 aliphatic rings. The molecule has 1 heterocycles. The zero-order chi connectivity index (χ0) is 17.4. The minimum atomic E-state index is 0.199. The summed E-state index contributed by atoms with van der Waals surface area (Å²) in [4.78, 5) is 4.68. The minimum absolute atomic E-state index is 0.199. The maximum atomic E-state index is 4.68. The van der Waals surface area contributed by atoms with Crippen LogP contribution in [0.1, 0.15) is 43.8 Å². The van der Waals surface area contributed by atoms with Gasteiger partial charge in [-0.1, -0.05) is 31.2 Å². The van der Waals surface area contributed by atoms with Crippen LogP contribution in [0.2, 0.25) is 0 Å². The van der Waals surface area contributed by atoms with Crippen molar-refractivity contribution in [2.45, 2.75) is 46.7 Å². The molecule has 24 heavy (non-hydrogen) atoms. The van der Waals surface area contributed by atoms with E-state index in [1.165, 1.54) is 11.1 Å². The Labute approximate surface area is 144 Å². The number of rotatable bonds is 7. The van der Waals surface area contributed by atoms with Gasteiger partial charge in [0.25, 0.3) is 0 Å². The number of benzene rings is 1. The third-order valence-corrected chi connectivity index (χ3v) is 3.98. The van der Waals surface area contributed by atoms with Gasteiger partial charge in [0.2, 0.25) is 0 Å². The average Bonchev–Trinajstić information content (AvgIpc) is 3.03. The molecule has 0 radical (unpaired) electrons. The van der Waals surface area contributed by atoms with Gasteiger partial charge in [0, 0.05) is 19.5 Å². The quantitative estimate of drug-likeness (QED) is 0.605. The van der Waals surface area contributed by atoms with Crippen LogP contribution >= 0.6 is 0 Å². The number of guanidine groups is 1. The molecule has 1 aromatic carbocycles. The number of nitrogens with one attached hydrogen (secondary N) is 2. The molecule has 0 fully saturated rings. The van der Waals surface area contributed by atoms with Crippen molar-refractivity contribution in [3.05, 3.63) is 47.5 Å². The predicted octanol–water partition coefficient (Wildman–Crippen LogP) is 2.47. The Morgan fingerprint density at radius 2 is 2.08 bits per heavy atom. The molecule has 1 atom stereocenters. The van der Waals surface area contributed by atoms with Gasteiger partial charge in [-0.05, 0) is 31.9 Å². The third kappa shape index (κ3) is 4.81. The topological polar surface area (TPSA) is 67.1 Å². The first-order valence-electron chi connectivity index (χ1n) is 8.62. The molecule has 0 saturated heterocycles. The largest absolute Gasteiger partial charge is 0.357 e. The van der Waals surface area contributed by atoms with Gasteiger partial charge in [-0.3, -0.25) is 4.99 Å². The van der Waals surface area contributed by atoms with E-state index in [0.717, 1.165) is 31.3 Å². The first kappa shape index (κ1) is 18.0. The summed E-state index contributed by atoms with van der Waals surface area (Å²) in [6.45, 7) is 10.7. The molecule has 6 nitrogen and oxygen atoms in total. The molecular weight excluding hydrogens is 300 g/mol. The van der Waals surface area contributed by atoms with E-state index >= 15 is 0 Å². The molecule has 2 rings (SSSR count). The Kier molecular flexibility index (Phi) is 6.78. The number of hydrogen-bond donors (Lipinski definition) is 2. The van der Waals surface area contributed by atoms with Crippen molar-refractivity contribution in [1.29, 1.82) is 0 Å². The van der Waals surface area contributed by atoms with Gasteiger partial charge in [0.1, 0.15) is 12.2 Å². The van der Waals surface area contributed by atoms with Crippen LogP contribution in [0.3, 0.4) is 0 Å². The summed E-state index contributed by atoms with van der Waals surface area (Å²) < 4.78 is 2.05. The fraction of sp³-hybridized carbons (Fsp3) is 0.500. The maximum absolute atomic E-state index is 4.68. The summed E-state index contributed by atoms with van der Waals surface area (Å²) in [6.07, 6.45) is 2.65. The highest BCUT2D eigenvalue weighted by atomic mass is 15.3. The third-order valence-electron chi connectivity index (χ3n) is 3.98. The van der Waals surface area contributed by atoms with E-state index in [1.807, 2.05) is 0 Å². The molecule has 0 spiro atoms. The molecule has 0 aliphatic heterocycles. The lowest BCUT2D eigenvalue weighted by Gasteiger charge is -2.19. The zero-order valence-electron chi connectivity index (χ0n) is 15.1. The molecule has 2 N–H and O–H groups in total. The maximum Gasteiger partial charge on any atom is 0.191 e. The van der Waals surface area contributed by atoms with E-state index in [-0.39, 0.29) is 6.04 Å². The van der Waals surface area contributed by atoms with Gasteiger partial charge < -0.3 is 15.2 Å². The summed E-state index contributed by atoms with van der Waals surface area (Å²) in [5.74, 6) is 1.83. The van der Waals surface area contributed by atoms with Crippen LogP contribution in [0, 0.1) is 6.92 Å². The molecule has 2 aromatic rings. The van der Waals surface area contributed by atoms with Crippen molar-refractivity contribution in [3.63, 3.8) is 0 Å². The van der Waals surface area contributed by atoms with E-state index in [2.05, 4.69) is 82.4 Å². The summed E-state index contributed by atoms with van der Waals surface area (Å²) in [6, 6.07) is 8.63. The van der Waals surface area contributed by atoms with Crippen LogP contribution in [0.15, 0.2) is 35.6 Å². The second-order valence-electron chi connectivity index (χ2n) is 5.78. The van der Waals surface area contributed by atoms with Crippen LogP contribution in [0.4, 0.5) is 0 Å². The minimum Gasteiger partial charge on any atom is -0.357 e. The van der Waals surface area contributed by atoms with Gasteiger partial charge >= 0.3 is 0 Å². The molecular formula is C18H28N6. The van der Waals surface area contributed by atoms with Crippen LogP contribution in [-0.2, 0) is 13.0 Å². The lowest BCUT2D eigenvalue weighted by molar-refractivity contribution is 0.648. The monoisotopic (exact) mass is 328 g/mol. The first-order chi connectivity index (χ1) is 11.7. The van der Waals surface area contributed by atoms with Gasteiger partial charge in [-0.25, -0.2) is 0 Å². The Hall–Kier alpha value is -2.37. The van der Waals surface area contributed by atoms with Crippen molar-refractivity contribution >= 4 is 5.96 Å². The summed E-state index contributed by atoms with van der Waals surface area (Å²) in [5, 5.41) is 14.8. The van der Waals surface area contributed by atoms with Gasteiger partial charge in [-0.2, -0.15) is 0 Å². The Bertz CT molecular complexity index is 661. The van der Waals surface area contributed by atoms with Crippen molar-refractivity contribution < 1.29 is 0 Å². The Morgan fingerprint density at radius 1 is 1.29 bits per heavy atom. The fourth-order valence-corrected chi connectivity index (χ4v) is 2.68. The first-order valence-corrected chi connectivity index (χ1v) is 8.62. The van der Waals surface area contributed by atoms with E-state index < -0.39 is 0 Å². The van der Waals surface area contributed by atoms with E-state index in [0.29, 0.717) is 6.54 Å². The predicted molar refractivity (Wildman–Crippen MR) is 98.1 cm³/mol. The summed E-state index contributed by atoms with van der Waals surface area (Å²) >= 11 is 0. The van der Waals surface area contributed by atoms with Gasteiger partial charge in [0.15, 0.2) is 5.96 Å². The smallest absolute Gasteiger partial charge is 0.191 e. The van der Waals surface area contributed by atoms with E-state index in [4.69, 9.17) is 0 Å². The SMILES string of the molecule is CCNC(=NCCn1cnnc1CC)NC(C)c1ccccc1C. The summed E-state index contributed by atoms with van der Waals surface area (Å²) in [5.41, 5.74) is 2.57. The highest BCUT2D eigenvalue weighted by Gasteiger charge is 2.09. The molecule has 0 aliphatic carbocycles. The van der Waals surface area contributed by atoms with Crippen LogP contribution < -0.4 is 10.6 Å². The molecule has 6 heteroatoms. The molecule has 1 unspecified atom stereocenters. The van der Waals surface area contributed by atoms with Crippen LogP contribution in [-0.4, -0.2) is 33.8 Å². The number of aryl methyl sites for hydroxylation is 2. The van der Waals surface area contributed by atoms with Gasteiger partial charge in [0.05, 0.1) is 12.6 Å². The number of aliphatic imine (C=N–C) groups is 1. The van der Waals surface area contributed by atoms with Crippen LogP contribution in [0.5, 0.6) is 0 Å². The Balaban J connectivity index is 1.99. The normalized spacial score (nSPS) is 12.9. The lowest BCUT2D eigenvalue weighted by Crippen LogP contribution is -2.39. The lowest BCUT2D eigenvalue weighted by atomic mass is 10.0. The molecule has 0 saturated carbocycles. The number of aromatic nitrogens is 3. The summed E-state index contributed by atoms with van der Waals surface area (Å²) in [7, 11) is 0. The van der Waals surface area contributed by atoms with E-state index in [1.54, 1.807) is 6.33 Å². The highest BCUT2D eigenvalue weighted by molar-refractivity contribution is 5.80. The van der Waals surface area contributed by atoms with Crippen molar-refractivity contribution in [2.75, 3.05) is 13.1 Å². The second kappa shape index (κ2) is 9.05. The molecule has 1 aromatic heterocycles. The van der Waals surface area contributed by atoms with Crippen molar-refractivity contribution in [3.8, 4) is 0 Å². The second-order valence-corrected chi connectivity index (χ2v) is 5.78. The Morgan fingerprint density at radius 3 is 2.79 bits per heavy atom.